The van der Waals surface area contributed by atoms with Crippen molar-refractivity contribution in [2.75, 3.05) is 14.2 Å². The molecule has 0 heterocycles. The number of rotatable bonds is 5. The molecule has 1 radical (unpaired) electrons. The van der Waals surface area contributed by atoms with E-state index in [2.05, 4.69) is 11.4 Å². The number of carbonyl (C=O) groups excluding carboxylic acids is 1. The van der Waals surface area contributed by atoms with Crippen LogP contribution in [0.1, 0.15) is 15.9 Å². The molecule has 2 aromatic carbocycles. The van der Waals surface area contributed by atoms with Crippen molar-refractivity contribution in [1.82, 2.24) is 5.32 Å². The zero-order valence-corrected chi connectivity index (χ0v) is 11.5. The van der Waals surface area contributed by atoms with Gasteiger partial charge in [-0.3, -0.25) is 4.79 Å². The summed E-state index contributed by atoms with van der Waals surface area (Å²) in [5.41, 5.74) is 1.38. The summed E-state index contributed by atoms with van der Waals surface area (Å²) in [5.74, 6) is 0.656. The molecule has 2 rings (SSSR count). The van der Waals surface area contributed by atoms with E-state index < -0.39 is 0 Å². The van der Waals surface area contributed by atoms with E-state index in [4.69, 9.17) is 9.47 Å². The molecule has 4 heteroatoms. The fourth-order valence-electron chi connectivity index (χ4n) is 1.81. The van der Waals surface area contributed by atoms with Gasteiger partial charge in [0.15, 0.2) is 11.5 Å². The van der Waals surface area contributed by atoms with Gasteiger partial charge in [-0.15, -0.1) is 0 Å². The summed E-state index contributed by atoms with van der Waals surface area (Å²) in [5, 5.41) is 2.55. The first kappa shape index (κ1) is 13.9. The first-order chi connectivity index (χ1) is 9.76. The molecule has 0 unspecified atom stereocenters. The highest BCUT2D eigenvalue weighted by Gasteiger charge is 2.15. The topological polar surface area (TPSA) is 47.6 Å². The summed E-state index contributed by atoms with van der Waals surface area (Å²) in [4.78, 5) is 11.7. The Morgan fingerprint density at radius 1 is 1.25 bits per heavy atom. The van der Waals surface area contributed by atoms with Crippen molar-refractivity contribution in [2.24, 2.45) is 0 Å². The lowest BCUT2D eigenvalue weighted by molar-refractivity contribution is 0.0959. The lowest BCUT2D eigenvalue weighted by Gasteiger charge is -2.13. The minimum Gasteiger partial charge on any atom is -0.492 e. The Balaban J connectivity index is 2.21. The van der Waals surface area contributed by atoms with E-state index in [1.165, 1.54) is 7.11 Å². The van der Waals surface area contributed by atoms with Crippen LogP contribution in [-0.2, 0) is 6.61 Å². The molecule has 0 bridgehead atoms. The number of benzene rings is 2. The molecule has 0 saturated heterocycles. The van der Waals surface area contributed by atoms with Crippen molar-refractivity contribution in [3.8, 4) is 11.5 Å². The molecule has 0 aromatic heterocycles. The van der Waals surface area contributed by atoms with Crippen molar-refractivity contribution in [3.63, 3.8) is 0 Å². The third kappa shape index (κ3) is 3.09. The van der Waals surface area contributed by atoms with Crippen LogP contribution < -0.4 is 14.8 Å². The Bertz CT molecular complexity index is 582. The van der Waals surface area contributed by atoms with E-state index in [1.807, 2.05) is 30.3 Å². The Morgan fingerprint density at radius 2 is 2.00 bits per heavy atom. The van der Waals surface area contributed by atoms with Gasteiger partial charge in [-0.05, 0) is 23.8 Å². The first-order valence-electron chi connectivity index (χ1n) is 6.23. The monoisotopic (exact) mass is 270 g/mol. The van der Waals surface area contributed by atoms with E-state index in [0.29, 0.717) is 23.7 Å². The molecule has 2 aromatic rings. The Hall–Kier alpha value is -2.49. The van der Waals surface area contributed by atoms with Crippen LogP contribution in [0.15, 0.2) is 42.5 Å². The first-order valence-corrected chi connectivity index (χ1v) is 6.23. The summed E-state index contributed by atoms with van der Waals surface area (Å²) in [6.07, 6.45) is 0. The fraction of sp³-hybridized carbons (Fsp3) is 0.188. The van der Waals surface area contributed by atoms with E-state index in [0.717, 1.165) is 5.56 Å². The van der Waals surface area contributed by atoms with Gasteiger partial charge in [-0.1, -0.05) is 30.3 Å². The van der Waals surface area contributed by atoms with Gasteiger partial charge >= 0.3 is 0 Å². The van der Waals surface area contributed by atoms with Crippen LogP contribution in [0, 0.1) is 6.07 Å². The molecule has 4 nitrogen and oxygen atoms in total. The zero-order chi connectivity index (χ0) is 14.4. The van der Waals surface area contributed by atoms with Crippen molar-refractivity contribution in [1.29, 1.82) is 0 Å². The van der Waals surface area contributed by atoms with E-state index in [9.17, 15) is 4.79 Å². The van der Waals surface area contributed by atoms with E-state index in [-0.39, 0.29) is 5.91 Å². The Labute approximate surface area is 118 Å². The lowest BCUT2D eigenvalue weighted by Crippen LogP contribution is -2.19. The quantitative estimate of drug-likeness (QED) is 0.907. The molecule has 0 fully saturated rings. The second kappa shape index (κ2) is 6.61. The van der Waals surface area contributed by atoms with Gasteiger partial charge in [-0.2, -0.15) is 0 Å². The minimum absolute atomic E-state index is 0.257. The van der Waals surface area contributed by atoms with E-state index in [1.54, 1.807) is 19.2 Å². The molecule has 103 valence electrons. The maximum atomic E-state index is 11.7. The molecular formula is C16H16NO3. The third-order valence-corrected chi connectivity index (χ3v) is 2.81. The Kier molecular flexibility index (Phi) is 4.60. The molecule has 1 amide bonds. The van der Waals surface area contributed by atoms with Crippen LogP contribution >= 0.6 is 0 Å². The summed E-state index contributed by atoms with van der Waals surface area (Å²) in [7, 11) is 3.07. The minimum atomic E-state index is -0.257. The van der Waals surface area contributed by atoms with Crippen LogP contribution in [-0.4, -0.2) is 20.1 Å². The fourth-order valence-corrected chi connectivity index (χ4v) is 1.81. The number of methoxy groups -OCH3 is 1. The van der Waals surface area contributed by atoms with Gasteiger partial charge < -0.3 is 14.8 Å². The van der Waals surface area contributed by atoms with Gasteiger partial charge in [-0.25, -0.2) is 0 Å². The Morgan fingerprint density at radius 3 is 2.65 bits per heavy atom. The highest BCUT2D eigenvalue weighted by molar-refractivity contribution is 5.97. The third-order valence-electron chi connectivity index (χ3n) is 2.81. The second-order valence-electron chi connectivity index (χ2n) is 4.10. The molecule has 0 spiro atoms. The largest absolute Gasteiger partial charge is 0.492 e. The molecule has 0 saturated carbocycles. The number of carbonyl (C=O) groups is 1. The lowest BCUT2D eigenvalue weighted by atomic mass is 10.1. The summed E-state index contributed by atoms with van der Waals surface area (Å²) in [6.45, 7) is 0.411. The standard InChI is InChI=1S/C16H16NO3/c1-17-16(18)13-9-6-10-14(15(13)19-2)20-11-12-7-4-3-5-8-12/h3-8,10H,11H2,1-2H3,(H,17,18). The van der Waals surface area contributed by atoms with Crippen molar-refractivity contribution >= 4 is 5.91 Å². The number of hydrogen-bond donors (Lipinski definition) is 1. The molecule has 0 aliphatic carbocycles. The van der Waals surface area contributed by atoms with Gasteiger partial charge in [0.2, 0.25) is 0 Å². The SMILES string of the molecule is CNC(=O)c1[c]ccc(OCc2ccccc2)c1OC. The predicted octanol–water partition coefficient (Wildman–Crippen LogP) is 2.43. The molecule has 0 atom stereocenters. The van der Waals surface area contributed by atoms with E-state index >= 15 is 0 Å². The highest BCUT2D eigenvalue weighted by atomic mass is 16.5. The average Bonchev–Trinajstić information content (AvgIpc) is 2.52. The van der Waals surface area contributed by atoms with Gasteiger partial charge in [0, 0.05) is 7.05 Å². The maximum absolute atomic E-state index is 11.7. The average molecular weight is 270 g/mol. The molecule has 1 N–H and O–H groups in total. The van der Waals surface area contributed by atoms with Crippen LogP contribution in [0.25, 0.3) is 0 Å². The molecular weight excluding hydrogens is 254 g/mol. The van der Waals surface area contributed by atoms with Crippen molar-refractivity contribution < 1.29 is 14.3 Å². The normalized spacial score (nSPS) is 9.90. The highest BCUT2D eigenvalue weighted by Crippen LogP contribution is 2.31. The molecule has 0 aliphatic rings. The summed E-state index contributed by atoms with van der Waals surface area (Å²) in [6, 6.07) is 16.0. The number of nitrogens with one attached hydrogen (secondary N) is 1. The molecule has 0 aliphatic heterocycles. The van der Waals surface area contributed by atoms with Gasteiger partial charge in [0.25, 0.3) is 5.91 Å². The second-order valence-corrected chi connectivity index (χ2v) is 4.10. The van der Waals surface area contributed by atoms with Gasteiger partial charge in [0.1, 0.15) is 6.61 Å². The summed E-state index contributed by atoms with van der Waals surface area (Å²) >= 11 is 0. The maximum Gasteiger partial charge on any atom is 0.255 e. The number of ether oxygens (including phenoxy) is 2. The number of hydrogen-bond acceptors (Lipinski definition) is 3. The number of amides is 1. The zero-order valence-electron chi connectivity index (χ0n) is 11.5. The summed E-state index contributed by atoms with van der Waals surface area (Å²) < 4.78 is 11.0. The molecule has 20 heavy (non-hydrogen) atoms. The van der Waals surface area contributed by atoms with Crippen molar-refractivity contribution in [2.45, 2.75) is 6.61 Å². The van der Waals surface area contributed by atoms with Crippen LogP contribution in [0.4, 0.5) is 0 Å². The van der Waals surface area contributed by atoms with Crippen LogP contribution in [0.2, 0.25) is 0 Å². The van der Waals surface area contributed by atoms with Crippen LogP contribution in [0.3, 0.4) is 0 Å². The smallest absolute Gasteiger partial charge is 0.255 e. The van der Waals surface area contributed by atoms with Crippen molar-refractivity contribution in [3.05, 3.63) is 59.7 Å². The van der Waals surface area contributed by atoms with Crippen LogP contribution in [0.5, 0.6) is 11.5 Å². The predicted molar refractivity (Wildman–Crippen MR) is 76.0 cm³/mol. The van der Waals surface area contributed by atoms with Gasteiger partial charge in [0.05, 0.1) is 12.7 Å².